The molecule has 1 aliphatic heterocycles. The Kier molecular flexibility index (Phi) is 10.2. The molecule has 0 radical (unpaired) electrons. The van der Waals surface area contributed by atoms with E-state index in [1.165, 1.54) is 6.07 Å². The normalized spacial score (nSPS) is 17.3. The number of nitrogens with zero attached hydrogens (tertiary/aromatic N) is 2. The number of hydrogen-bond acceptors (Lipinski definition) is 4. The van der Waals surface area contributed by atoms with Crippen molar-refractivity contribution in [3.05, 3.63) is 35.1 Å². The molecular weight excluding hydrogens is 359 g/mol. The van der Waals surface area contributed by atoms with Crippen LogP contribution in [0.1, 0.15) is 37.3 Å². The molecule has 1 fully saturated rings. The van der Waals surface area contributed by atoms with E-state index in [0.29, 0.717) is 31.9 Å². The van der Waals surface area contributed by atoms with Crippen molar-refractivity contribution in [2.45, 2.75) is 45.4 Å². The van der Waals surface area contributed by atoms with E-state index in [1.807, 2.05) is 32.0 Å². The Labute approximate surface area is 168 Å². The summed E-state index contributed by atoms with van der Waals surface area (Å²) in [4.78, 5) is 6.57. The summed E-state index contributed by atoms with van der Waals surface area (Å²) in [6, 6.07) is 5.21. The van der Waals surface area contributed by atoms with Crippen molar-refractivity contribution < 1.29 is 13.9 Å². The van der Waals surface area contributed by atoms with Crippen LogP contribution in [0.4, 0.5) is 4.39 Å². The highest BCUT2D eigenvalue weighted by Crippen LogP contribution is 2.13. The first-order valence-corrected chi connectivity index (χ1v) is 10.2. The molecule has 1 aromatic rings. The standard InChI is InChI=1S/C21H35FN4O2/c1-4-23-21(24-10-6-11-27-16-19-7-5-12-28-19)25-14-17-8-9-20(22)18(13-17)15-26(2)3/h8-9,13,19H,4-7,10-12,14-16H2,1-3H3,(H2,23,24,25). The minimum Gasteiger partial charge on any atom is -0.379 e. The van der Waals surface area contributed by atoms with E-state index >= 15 is 0 Å². The maximum absolute atomic E-state index is 13.9. The molecule has 1 heterocycles. The summed E-state index contributed by atoms with van der Waals surface area (Å²) in [5, 5.41) is 6.57. The fourth-order valence-corrected chi connectivity index (χ4v) is 3.07. The lowest BCUT2D eigenvalue weighted by atomic mass is 10.1. The SMILES string of the molecule is CCNC(=NCc1ccc(F)c(CN(C)C)c1)NCCCOCC1CCCO1. The molecule has 1 aliphatic rings. The molecule has 1 saturated heterocycles. The van der Waals surface area contributed by atoms with Crippen LogP contribution < -0.4 is 10.6 Å². The molecule has 28 heavy (non-hydrogen) atoms. The molecule has 0 saturated carbocycles. The lowest BCUT2D eigenvalue weighted by Crippen LogP contribution is -2.38. The van der Waals surface area contributed by atoms with E-state index in [1.54, 1.807) is 6.07 Å². The number of hydrogen-bond donors (Lipinski definition) is 2. The second kappa shape index (κ2) is 12.7. The molecule has 0 amide bonds. The van der Waals surface area contributed by atoms with Crippen molar-refractivity contribution >= 4 is 5.96 Å². The summed E-state index contributed by atoms with van der Waals surface area (Å²) in [5.74, 6) is 0.592. The molecule has 7 heteroatoms. The zero-order valence-electron chi connectivity index (χ0n) is 17.5. The topological polar surface area (TPSA) is 58.1 Å². The van der Waals surface area contributed by atoms with Crippen LogP contribution in [0, 0.1) is 5.82 Å². The first kappa shape index (κ1) is 22.6. The maximum atomic E-state index is 13.9. The highest BCUT2D eigenvalue weighted by molar-refractivity contribution is 5.79. The van der Waals surface area contributed by atoms with Crippen LogP contribution in [0.25, 0.3) is 0 Å². The van der Waals surface area contributed by atoms with Gasteiger partial charge < -0.3 is 25.0 Å². The fraction of sp³-hybridized carbons (Fsp3) is 0.667. The molecule has 0 aliphatic carbocycles. The highest BCUT2D eigenvalue weighted by Gasteiger charge is 2.14. The predicted molar refractivity (Wildman–Crippen MR) is 111 cm³/mol. The van der Waals surface area contributed by atoms with E-state index in [9.17, 15) is 4.39 Å². The van der Waals surface area contributed by atoms with Crippen molar-refractivity contribution in [3.63, 3.8) is 0 Å². The third kappa shape index (κ3) is 8.54. The van der Waals surface area contributed by atoms with Gasteiger partial charge in [0.2, 0.25) is 0 Å². The number of benzene rings is 1. The number of rotatable bonds is 11. The number of nitrogens with one attached hydrogen (secondary N) is 2. The van der Waals surface area contributed by atoms with Crippen LogP contribution in [-0.4, -0.2) is 64.0 Å². The maximum Gasteiger partial charge on any atom is 0.191 e. The third-order valence-electron chi connectivity index (χ3n) is 4.45. The monoisotopic (exact) mass is 394 g/mol. The minimum atomic E-state index is -0.172. The number of aliphatic imine (C=N–C) groups is 1. The Balaban J connectivity index is 1.74. The Morgan fingerprint density at radius 2 is 2.21 bits per heavy atom. The lowest BCUT2D eigenvalue weighted by Gasteiger charge is -2.13. The van der Waals surface area contributed by atoms with Crippen LogP contribution in [0.5, 0.6) is 0 Å². The Morgan fingerprint density at radius 3 is 2.93 bits per heavy atom. The van der Waals surface area contributed by atoms with Crippen LogP contribution in [-0.2, 0) is 22.6 Å². The van der Waals surface area contributed by atoms with Crippen LogP contribution >= 0.6 is 0 Å². The highest BCUT2D eigenvalue weighted by atomic mass is 19.1. The van der Waals surface area contributed by atoms with Gasteiger partial charge in [-0.3, -0.25) is 0 Å². The zero-order valence-corrected chi connectivity index (χ0v) is 17.5. The molecule has 6 nitrogen and oxygen atoms in total. The molecule has 2 rings (SSSR count). The van der Waals surface area contributed by atoms with Crippen LogP contribution in [0.15, 0.2) is 23.2 Å². The molecule has 0 aromatic heterocycles. The van der Waals surface area contributed by atoms with Gasteiger partial charge in [-0.15, -0.1) is 0 Å². The lowest BCUT2D eigenvalue weighted by molar-refractivity contribution is 0.0168. The van der Waals surface area contributed by atoms with Gasteiger partial charge in [0.05, 0.1) is 19.3 Å². The molecule has 1 unspecified atom stereocenters. The van der Waals surface area contributed by atoms with E-state index in [2.05, 4.69) is 15.6 Å². The second-order valence-electron chi connectivity index (χ2n) is 7.35. The summed E-state index contributed by atoms with van der Waals surface area (Å²) in [6.07, 6.45) is 3.43. The van der Waals surface area contributed by atoms with Crippen molar-refractivity contribution in [1.82, 2.24) is 15.5 Å². The van der Waals surface area contributed by atoms with Crippen LogP contribution in [0.3, 0.4) is 0 Å². The van der Waals surface area contributed by atoms with Gasteiger partial charge in [0, 0.05) is 38.4 Å². The summed E-state index contributed by atoms with van der Waals surface area (Å²) in [5.41, 5.74) is 1.69. The van der Waals surface area contributed by atoms with Crippen molar-refractivity contribution in [3.8, 4) is 0 Å². The van der Waals surface area contributed by atoms with E-state index < -0.39 is 0 Å². The summed E-state index contributed by atoms with van der Waals surface area (Å²) in [6.45, 7) is 6.95. The third-order valence-corrected chi connectivity index (χ3v) is 4.45. The summed E-state index contributed by atoms with van der Waals surface area (Å²) >= 11 is 0. The predicted octanol–water partition coefficient (Wildman–Crippen LogP) is 2.53. The first-order chi connectivity index (χ1) is 13.6. The molecule has 2 N–H and O–H groups in total. The van der Waals surface area contributed by atoms with Gasteiger partial charge in [-0.05, 0) is 58.0 Å². The molecule has 0 bridgehead atoms. The largest absolute Gasteiger partial charge is 0.379 e. The van der Waals surface area contributed by atoms with Crippen molar-refractivity contribution in [2.24, 2.45) is 4.99 Å². The van der Waals surface area contributed by atoms with Gasteiger partial charge in [0.15, 0.2) is 5.96 Å². The average molecular weight is 395 g/mol. The van der Waals surface area contributed by atoms with Gasteiger partial charge in [0.1, 0.15) is 5.82 Å². The van der Waals surface area contributed by atoms with Crippen molar-refractivity contribution in [1.29, 1.82) is 0 Å². The Bertz CT molecular complexity index is 604. The number of guanidine groups is 1. The van der Waals surface area contributed by atoms with Gasteiger partial charge >= 0.3 is 0 Å². The first-order valence-electron chi connectivity index (χ1n) is 10.2. The van der Waals surface area contributed by atoms with Crippen LogP contribution in [0.2, 0.25) is 0 Å². The number of halogens is 1. The van der Waals surface area contributed by atoms with Gasteiger partial charge in [-0.1, -0.05) is 6.07 Å². The quantitative estimate of drug-likeness (QED) is 0.343. The van der Waals surface area contributed by atoms with Gasteiger partial charge in [0.25, 0.3) is 0 Å². The van der Waals surface area contributed by atoms with E-state index in [4.69, 9.17) is 9.47 Å². The Morgan fingerprint density at radius 1 is 1.36 bits per heavy atom. The smallest absolute Gasteiger partial charge is 0.191 e. The number of ether oxygens (including phenoxy) is 2. The van der Waals surface area contributed by atoms with Crippen molar-refractivity contribution in [2.75, 3.05) is 47.0 Å². The van der Waals surface area contributed by atoms with E-state index in [0.717, 1.165) is 50.5 Å². The molecular formula is C21H35FN4O2. The molecule has 1 atom stereocenters. The average Bonchev–Trinajstić information content (AvgIpc) is 3.18. The van der Waals surface area contributed by atoms with Gasteiger partial charge in [-0.25, -0.2) is 9.38 Å². The second-order valence-corrected chi connectivity index (χ2v) is 7.35. The summed E-state index contributed by atoms with van der Waals surface area (Å²) < 4.78 is 25.1. The Hall–Kier alpha value is -1.70. The zero-order chi connectivity index (χ0) is 20.2. The summed E-state index contributed by atoms with van der Waals surface area (Å²) in [7, 11) is 3.87. The molecule has 1 aromatic carbocycles. The fourth-order valence-electron chi connectivity index (χ4n) is 3.07. The molecule has 158 valence electrons. The van der Waals surface area contributed by atoms with Gasteiger partial charge in [-0.2, -0.15) is 0 Å². The minimum absolute atomic E-state index is 0.172. The van der Waals surface area contributed by atoms with E-state index in [-0.39, 0.29) is 11.9 Å². The molecule has 0 spiro atoms.